The van der Waals surface area contributed by atoms with Gasteiger partial charge in [-0.25, -0.2) is 10.1 Å². The second-order valence-corrected chi connectivity index (χ2v) is 6.98. The first-order valence-electron chi connectivity index (χ1n) is 6.19. The highest BCUT2D eigenvalue weighted by molar-refractivity contribution is 7.98. The summed E-state index contributed by atoms with van der Waals surface area (Å²) in [5.74, 6) is 0. The van der Waals surface area contributed by atoms with Crippen molar-refractivity contribution in [2.24, 2.45) is 5.50 Å². The molecule has 1 rings (SSSR count). The number of hydrogen-bond donors (Lipinski definition) is 2. The van der Waals surface area contributed by atoms with Crippen LogP contribution < -0.4 is 5.50 Å². The molecule has 1 aromatic rings. The van der Waals surface area contributed by atoms with Crippen LogP contribution in [-0.4, -0.2) is 11.1 Å². The normalized spacial score (nSPS) is 17.8. The van der Waals surface area contributed by atoms with E-state index < -0.39 is 13.3 Å². The lowest BCUT2D eigenvalue weighted by atomic mass is 9.90. The summed E-state index contributed by atoms with van der Waals surface area (Å²) in [5.41, 5.74) is 6.33. The minimum absolute atomic E-state index is 0.632. The average molecular weight is 303 g/mol. The van der Waals surface area contributed by atoms with Crippen molar-refractivity contribution in [2.45, 2.75) is 44.1 Å². The van der Waals surface area contributed by atoms with Crippen LogP contribution in [0.4, 0.5) is 0 Å². The molecule has 0 spiro atoms. The van der Waals surface area contributed by atoms with Crippen molar-refractivity contribution in [2.75, 3.05) is 6.26 Å². The van der Waals surface area contributed by atoms with E-state index in [0.717, 1.165) is 17.5 Å². The Labute approximate surface area is 119 Å². The van der Waals surface area contributed by atoms with Gasteiger partial charge in [0.15, 0.2) is 0 Å². The summed E-state index contributed by atoms with van der Waals surface area (Å²) in [5, 5.41) is 0. The van der Waals surface area contributed by atoms with Gasteiger partial charge in [-0.15, -0.1) is 11.8 Å². The van der Waals surface area contributed by atoms with Gasteiger partial charge in [-0.3, -0.25) is 4.52 Å². The number of nitrogens with two attached hydrogens (primary N) is 1. The Kier molecular flexibility index (Phi) is 5.65. The molecule has 0 radical (unpaired) electrons. The van der Waals surface area contributed by atoms with Crippen molar-refractivity contribution in [3.63, 3.8) is 0 Å². The highest BCUT2D eigenvalue weighted by Gasteiger charge is 2.33. The summed E-state index contributed by atoms with van der Waals surface area (Å²) < 4.78 is 16.7. The minimum Gasteiger partial charge on any atom is -0.313 e. The fourth-order valence-corrected chi connectivity index (χ4v) is 3.57. The van der Waals surface area contributed by atoms with Gasteiger partial charge in [0.2, 0.25) is 0 Å². The average Bonchev–Trinajstić information content (AvgIpc) is 2.26. The summed E-state index contributed by atoms with van der Waals surface area (Å²) in [4.78, 5) is 10.5. The summed E-state index contributed by atoms with van der Waals surface area (Å²) in [6.07, 6.45) is 3.48. The van der Waals surface area contributed by atoms with E-state index in [1.54, 1.807) is 18.7 Å². The first-order chi connectivity index (χ1) is 8.72. The molecule has 0 heterocycles. The molecule has 108 valence electrons. The van der Waals surface area contributed by atoms with Gasteiger partial charge in [0.05, 0.1) is 0 Å². The quantitative estimate of drug-likeness (QED) is 0.617. The fraction of sp³-hybridized carbons (Fsp3) is 0.538. The molecule has 4 nitrogen and oxygen atoms in total. The highest BCUT2D eigenvalue weighted by atomic mass is 32.2. The molecule has 2 atom stereocenters. The van der Waals surface area contributed by atoms with Crippen molar-refractivity contribution < 1.29 is 14.0 Å². The van der Waals surface area contributed by atoms with Gasteiger partial charge in [-0.05, 0) is 43.7 Å². The molecular weight excluding hydrogens is 281 g/mol. The Morgan fingerprint density at radius 3 is 2.58 bits per heavy atom. The van der Waals surface area contributed by atoms with Crippen LogP contribution in [0.15, 0.2) is 23.1 Å². The Hall–Kier alpha value is -0.320. The zero-order valence-electron chi connectivity index (χ0n) is 11.8. The molecule has 0 saturated heterocycles. The molecule has 0 aliphatic carbocycles. The van der Waals surface area contributed by atoms with E-state index in [1.807, 2.05) is 38.3 Å². The molecule has 0 bridgehead atoms. The summed E-state index contributed by atoms with van der Waals surface area (Å²) >= 11 is 1.67. The first-order valence-corrected chi connectivity index (χ1v) is 9.06. The summed E-state index contributed by atoms with van der Waals surface area (Å²) in [6.45, 7) is 5.83. The second kappa shape index (κ2) is 6.42. The van der Waals surface area contributed by atoms with Crippen molar-refractivity contribution in [1.29, 1.82) is 0 Å². The van der Waals surface area contributed by atoms with Crippen LogP contribution in [0.3, 0.4) is 0 Å². The lowest BCUT2D eigenvalue weighted by Crippen LogP contribution is -2.26. The predicted molar refractivity (Wildman–Crippen MR) is 80.3 cm³/mol. The number of thioether (sulfide) groups is 1. The van der Waals surface area contributed by atoms with Gasteiger partial charge >= 0.3 is 7.75 Å². The Balaban J connectivity index is 3.18. The third-order valence-electron chi connectivity index (χ3n) is 3.06. The van der Waals surface area contributed by atoms with Crippen molar-refractivity contribution >= 4 is 19.5 Å². The largest absolute Gasteiger partial charge is 0.401 e. The Bertz CT molecular complexity index is 489. The summed E-state index contributed by atoms with van der Waals surface area (Å²) in [6, 6.07) is 5.94. The van der Waals surface area contributed by atoms with Crippen molar-refractivity contribution in [3.05, 3.63) is 29.3 Å². The first kappa shape index (κ1) is 16.7. The maximum absolute atomic E-state index is 11.4. The molecule has 0 saturated carbocycles. The van der Waals surface area contributed by atoms with Crippen LogP contribution in [0.25, 0.3) is 0 Å². The molecule has 0 aliphatic heterocycles. The van der Waals surface area contributed by atoms with Gasteiger partial charge < -0.3 is 4.89 Å². The molecule has 2 unspecified atom stereocenters. The van der Waals surface area contributed by atoms with E-state index in [0.29, 0.717) is 6.42 Å². The van der Waals surface area contributed by atoms with Crippen LogP contribution in [0, 0.1) is 6.92 Å². The van der Waals surface area contributed by atoms with Gasteiger partial charge in [0.1, 0.15) is 5.60 Å². The van der Waals surface area contributed by atoms with Gasteiger partial charge in [0.25, 0.3) is 0 Å². The van der Waals surface area contributed by atoms with Gasteiger partial charge in [-0.2, -0.15) is 0 Å². The smallest absolute Gasteiger partial charge is 0.313 e. The Morgan fingerprint density at radius 2 is 2.16 bits per heavy atom. The molecule has 19 heavy (non-hydrogen) atoms. The molecule has 0 aromatic heterocycles. The number of benzene rings is 1. The molecule has 0 aliphatic rings. The van der Waals surface area contributed by atoms with Crippen LogP contribution >= 0.6 is 19.5 Å². The zero-order valence-corrected chi connectivity index (χ0v) is 13.6. The number of aryl methyl sites for hydroxylation is 1. The lowest BCUT2D eigenvalue weighted by Gasteiger charge is -2.31. The standard InChI is InChI=1S/C13H22NO3PS/c1-5-8-13(3,17-18(14,15)16)11-6-7-12(19-4)10(2)9-11/h6-7,9H,5,8H2,1-4H3,(H3,14,15,16). The predicted octanol–water partition coefficient (Wildman–Crippen LogP) is 3.81. The molecule has 1 aromatic carbocycles. The highest BCUT2D eigenvalue weighted by Crippen LogP contribution is 2.45. The van der Waals surface area contributed by atoms with E-state index in [2.05, 4.69) is 0 Å². The molecule has 3 N–H and O–H groups in total. The van der Waals surface area contributed by atoms with Crippen LogP contribution in [0.5, 0.6) is 0 Å². The van der Waals surface area contributed by atoms with Gasteiger partial charge in [-0.1, -0.05) is 25.5 Å². The van der Waals surface area contributed by atoms with E-state index in [9.17, 15) is 9.46 Å². The van der Waals surface area contributed by atoms with E-state index in [1.165, 1.54) is 4.90 Å². The third kappa shape index (κ3) is 4.62. The lowest BCUT2D eigenvalue weighted by molar-refractivity contribution is 0.0617. The SMILES string of the molecule is CCCC(C)(OP(N)(=O)O)c1ccc(SC)c(C)c1. The molecule has 0 fully saturated rings. The maximum atomic E-state index is 11.4. The number of hydrogen-bond acceptors (Lipinski definition) is 3. The van der Waals surface area contributed by atoms with Crippen LogP contribution in [-0.2, 0) is 14.7 Å². The zero-order chi connectivity index (χ0) is 14.7. The molecule has 6 heteroatoms. The monoisotopic (exact) mass is 303 g/mol. The Morgan fingerprint density at radius 1 is 1.53 bits per heavy atom. The maximum Gasteiger partial charge on any atom is 0.401 e. The van der Waals surface area contributed by atoms with Crippen molar-refractivity contribution in [1.82, 2.24) is 0 Å². The minimum atomic E-state index is -4.02. The summed E-state index contributed by atoms with van der Waals surface area (Å²) in [7, 11) is -4.02. The third-order valence-corrected chi connectivity index (χ3v) is 4.63. The topological polar surface area (TPSA) is 72.5 Å². The van der Waals surface area contributed by atoms with E-state index >= 15 is 0 Å². The van der Waals surface area contributed by atoms with E-state index in [4.69, 9.17) is 10.0 Å². The van der Waals surface area contributed by atoms with E-state index in [-0.39, 0.29) is 0 Å². The van der Waals surface area contributed by atoms with Crippen molar-refractivity contribution in [3.8, 4) is 0 Å². The second-order valence-electron chi connectivity index (χ2n) is 4.82. The van der Waals surface area contributed by atoms with Gasteiger partial charge in [0, 0.05) is 4.90 Å². The molecule has 0 amide bonds. The van der Waals surface area contributed by atoms with Crippen LogP contribution in [0.1, 0.15) is 37.8 Å². The number of rotatable bonds is 6. The fourth-order valence-electron chi connectivity index (χ4n) is 2.22. The molecular formula is C13H22NO3PS. The van der Waals surface area contributed by atoms with Crippen LogP contribution in [0.2, 0.25) is 0 Å².